The summed E-state index contributed by atoms with van der Waals surface area (Å²) in [7, 11) is 0. The molecule has 1 aliphatic carbocycles. The van der Waals surface area contributed by atoms with Crippen molar-refractivity contribution in [3.63, 3.8) is 0 Å². The lowest BCUT2D eigenvalue weighted by Gasteiger charge is -2.23. The summed E-state index contributed by atoms with van der Waals surface area (Å²) in [6.07, 6.45) is 9.10. The van der Waals surface area contributed by atoms with Gasteiger partial charge in [-0.1, -0.05) is 26.2 Å². The molecule has 0 spiro atoms. The maximum atomic E-state index is 13.3. The second kappa shape index (κ2) is 8.17. The molecule has 0 atom stereocenters. The minimum absolute atomic E-state index is 0.228. The molecule has 0 aliphatic heterocycles. The van der Waals surface area contributed by atoms with Gasteiger partial charge in [0.05, 0.1) is 15.6 Å². The average Bonchev–Trinajstić information content (AvgIpc) is 3.14. The molecule has 2 aromatic heterocycles. The summed E-state index contributed by atoms with van der Waals surface area (Å²) >= 11 is 1.71. The lowest BCUT2D eigenvalue weighted by molar-refractivity contribution is 0.462. The van der Waals surface area contributed by atoms with Crippen LogP contribution in [0.1, 0.15) is 44.0 Å². The number of rotatable bonds is 5. The van der Waals surface area contributed by atoms with Gasteiger partial charge in [0.25, 0.3) is 0 Å². The van der Waals surface area contributed by atoms with Crippen LogP contribution in [0.2, 0.25) is 0 Å². The minimum Gasteiger partial charge on any atom is -0.367 e. The molecule has 5 heteroatoms. The third-order valence-corrected chi connectivity index (χ3v) is 6.32. The molecule has 2 heterocycles. The molecule has 0 amide bonds. The predicted molar refractivity (Wildman–Crippen MR) is 111 cm³/mol. The Bertz CT molecular complexity index is 898. The Morgan fingerprint density at radius 2 is 1.85 bits per heavy atom. The number of aromatic nitrogens is 2. The number of hydrogen-bond donors (Lipinski definition) is 1. The molecule has 1 aliphatic rings. The fourth-order valence-corrected chi connectivity index (χ4v) is 4.64. The summed E-state index contributed by atoms with van der Waals surface area (Å²) in [6, 6.07) is 11.3. The molecule has 3 aromatic rings. The summed E-state index contributed by atoms with van der Waals surface area (Å²) in [5, 5.41) is 4.69. The van der Waals surface area contributed by atoms with Crippen LogP contribution in [0.4, 0.5) is 10.2 Å². The first kappa shape index (κ1) is 18.1. The van der Waals surface area contributed by atoms with E-state index in [0.717, 1.165) is 38.9 Å². The number of nitrogens with zero attached hydrogens (tertiary/aromatic N) is 2. The van der Waals surface area contributed by atoms with Crippen molar-refractivity contribution in [1.82, 2.24) is 9.97 Å². The van der Waals surface area contributed by atoms with E-state index >= 15 is 0 Å². The van der Waals surface area contributed by atoms with E-state index in [1.54, 1.807) is 23.5 Å². The van der Waals surface area contributed by atoms with Crippen LogP contribution in [0.3, 0.4) is 0 Å². The van der Waals surface area contributed by atoms with Gasteiger partial charge in [-0.3, -0.25) is 0 Å². The zero-order chi connectivity index (χ0) is 18.6. The number of benzene rings is 1. The van der Waals surface area contributed by atoms with E-state index in [2.05, 4.69) is 23.3 Å². The van der Waals surface area contributed by atoms with E-state index in [9.17, 15) is 4.39 Å². The Morgan fingerprint density at radius 1 is 1.07 bits per heavy atom. The summed E-state index contributed by atoms with van der Waals surface area (Å²) in [4.78, 5) is 10.4. The van der Waals surface area contributed by atoms with Crippen molar-refractivity contribution >= 4 is 17.2 Å². The lowest BCUT2D eigenvalue weighted by Crippen LogP contribution is -2.22. The molecule has 0 saturated heterocycles. The highest BCUT2D eigenvalue weighted by Crippen LogP contribution is 2.37. The van der Waals surface area contributed by atoms with Crippen LogP contribution in [-0.4, -0.2) is 16.0 Å². The molecule has 0 bridgehead atoms. The van der Waals surface area contributed by atoms with Crippen molar-refractivity contribution in [3.05, 3.63) is 53.4 Å². The molecule has 27 heavy (non-hydrogen) atoms. The van der Waals surface area contributed by atoms with Crippen LogP contribution in [0.25, 0.3) is 21.7 Å². The predicted octanol–water partition coefficient (Wildman–Crippen LogP) is 6.32. The zero-order valence-corrected chi connectivity index (χ0v) is 16.4. The Balaban J connectivity index is 1.67. The molecular weight excluding hydrogens is 357 g/mol. The van der Waals surface area contributed by atoms with E-state index in [0.29, 0.717) is 6.04 Å². The normalized spacial score (nSPS) is 15.0. The molecule has 1 saturated carbocycles. The third kappa shape index (κ3) is 4.19. The summed E-state index contributed by atoms with van der Waals surface area (Å²) < 4.78 is 13.3. The molecular formula is C22H24FN3S. The second-order valence-electron chi connectivity index (χ2n) is 7.05. The van der Waals surface area contributed by atoms with Gasteiger partial charge < -0.3 is 5.32 Å². The van der Waals surface area contributed by atoms with Gasteiger partial charge >= 0.3 is 0 Å². The first-order valence-electron chi connectivity index (χ1n) is 9.71. The fourth-order valence-electron chi connectivity index (χ4n) is 3.62. The number of nitrogens with one attached hydrogen (secondary N) is 1. The van der Waals surface area contributed by atoms with Gasteiger partial charge in [0.2, 0.25) is 0 Å². The molecule has 0 unspecified atom stereocenters. The highest BCUT2D eigenvalue weighted by atomic mass is 32.1. The molecule has 140 valence electrons. The van der Waals surface area contributed by atoms with Gasteiger partial charge in [0.15, 0.2) is 0 Å². The van der Waals surface area contributed by atoms with E-state index in [1.165, 1.54) is 44.2 Å². The van der Waals surface area contributed by atoms with E-state index < -0.39 is 0 Å². The largest absolute Gasteiger partial charge is 0.367 e. The molecule has 1 fully saturated rings. The number of anilines is 1. The van der Waals surface area contributed by atoms with Crippen molar-refractivity contribution in [2.24, 2.45) is 0 Å². The highest BCUT2D eigenvalue weighted by molar-refractivity contribution is 7.15. The Hall–Kier alpha value is -2.27. The van der Waals surface area contributed by atoms with Crippen molar-refractivity contribution in [2.75, 3.05) is 5.32 Å². The summed E-state index contributed by atoms with van der Waals surface area (Å²) in [6.45, 7) is 2.11. The van der Waals surface area contributed by atoms with Crippen molar-refractivity contribution in [1.29, 1.82) is 0 Å². The van der Waals surface area contributed by atoms with Crippen LogP contribution in [0.15, 0.2) is 42.6 Å². The monoisotopic (exact) mass is 381 g/mol. The summed E-state index contributed by atoms with van der Waals surface area (Å²) in [5.74, 6) is 0.699. The number of thiazole rings is 1. The highest BCUT2D eigenvalue weighted by Gasteiger charge is 2.17. The van der Waals surface area contributed by atoms with Crippen molar-refractivity contribution in [3.8, 4) is 21.7 Å². The van der Waals surface area contributed by atoms with Crippen molar-refractivity contribution in [2.45, 2.75) is 51.5 Å². The first-order chi connectivity index (χ1) is 13.2. The van der Waals surface area contributed by atoms with Gasteiger partial charge in [0.1, 0.15) is 11.6 Å². The Morgan fingerprint density at radius 3 is 2.59 bits per heavy atom. The first-order valence-corrected chi connectivity index (χ1v) is 10.5. The van der Waals surface area contributed by atoms with Gasteiger partial charge in [-0.05, 0) is 61.2 Å². The maximum Gasteiger partial charge on any atom is 0.126 e. The lowest BCUT2D eigenvalue weighted by atomic mass is 9.95. The molecule has 4 rings (SSSR count). The smallest absolute Gasteiger partial charge is 0.126 e. The molecule has 3 nitrogen and oxygen atoms in total. The topological polar surface area (TPSA) is 37.8 Å². The van der Waals surface area contributed by atoms with E-state index in [1.807, 2.05) is 12.3 Å². The zero-order valence-electron chi connectivity index (χ0n) is 15.5. The van der Waals surface area contributed by atoms with Gasteiger partial charge in [-0.15, -0.1) is 11.3 Å². The Kier molecular flexibility index (Phi) is 5.48. The SMILES string of the molecule is CCc1nc(-c2ccc(F)cc2)c(-c2ccnc(NC3CCCCC3)c2)s1. The summed E-state index contributed by atoms with van der Waals surface area (Å²) in [5.41, 5.74) is 2.98. The second-order valence-corrected chi connectivity index (χ2v) is 8.14. The Labute approximate surface area is 163 Å². The quantitative estimate of drug-likeness (QED) is 0.562. The van der Waals surface area contributed by atoms with Crippen LogP contribution in [0.5, 0.6) is 0 Å². The minimum atomic E-state index is -0.228. The van der Waals surface area contributed by atoms with Crippen LogP contribution in [0, 0.1) is 5.82 Å². The standard InChI is InChI=1S/C22H24FN3S/c1-2-20-26-21(15-8-10-17(23)11-9-15)22(27-20)16-12-13-24-19(14-16)25-18-6-4-3-5-7-18/h8-14,18H,2-7H2,1H3,(H,24,25). The van der Waals surface area contributed by atoms with E-state index in [4.69, 9.17) is 4.98 Å². The van der Waals surface area contributed by atoms with Gasteiger partial charge in [0, 0.05) is 17.8 Å². The van der Waals surface area contributed by atoms with Gasteiger partial charge in [-0.25, -0.2) is 14.4 Å². The number of halogens is 1. The van der Waals surface area contributed by atoms with Gasteiger partial charge in [-0.2, -0.15) is 0 Å². The van der Waals surface area contributed by atoms with Crippen LogP contribution < -0.4 is 5.32 Å². The van der Waals surface area contributed by atoms with Crippen LogP contribution >= 0.6 is 11.3 Å². The van der Waals surface area contributed by atoms with Crippen LogP contribution in [-0.2, 0) is 6.42 Å². The average molecular weight is 382 g/mol. The van der Waals surface area contributed by atoms with E-state index in [-0.39, 0.29) is 5.82 Å². The molecule has 1 N–H and O–H groups in total. The fraction of sp³-hybridized carbons (Fsp3) is 0.364. The number of aryl methyl sites for hydroxylation is 1. The number of hydrogen-bond acceptors (Lipinski definition) is 4. The number of pyridine rings is 1. The maximum absolute atomic E-state index is 13.3. The molecule has 0 radical (unpaired) electrons. The van der Waals surface area contributed by atoms with Crippen molar-refractivity contribution < 1.29 is 4.39 Å². The third-order valence-electron chi connectivity index (χ3n) is 5.07. The molecule has 1 aromatic carbocycles.